The van der Waals surface area contributed by atoms with Gasteiger partial charge >= 0.3 is 0 Å². The van der Waals surface area contributed by atoms with Crippen LogP contribution >= 0.6 is 11.8 Å². The summed E-state index contributed by atoms with van der Waals surface area (Å²) in [6.07, 6.45) is 3.63. The van der Waals surface area contributed by atoms with Gasteiger partial charge in [-0.1, -0.05) is 23.9 Å². The van der Waals surface area contributed by atoms with Crippen LogP contribution in [-0.2, 0) is 0 Å². The average Bonchev–Trinajstić information content (AvgIpc) is 2.30. The first-order valence-corrected chi connectivity index (χ1v) is 5.68. The zero-order valence-electron chi connectivity index (χ0n) is 8.14. The van der Waals surface area contributed by atoms with Gasteiger partial charge in [-0.3, -0.25) is 5.43 Å². The molecule has 2 rings (SSSR count). The van der Waals surface area contributed by atoms with Crippen LogP contribution < -0.4 is 5.43 Å². The predicted molar refractivity (Wildman–Crippen MR) is 61.7 cm³/mol. The number of hydrogen-bond acceptors (Lipinski definition) is 4. The van der Waals surface area contributed by atoms with Gasteiger partial charge in [0.15, 0.2) is 5.17 Å². The molecule has 0 spiro atoms. The average molecular weight is 223 g/mol. The maximum atomic E-state index is 12.7. The van der Waals surface area contributed by atoms with Crippen LogP contribution in [0.2, 0.25) is 0 Å². The quantitative estimate of drug-likeness (QED) is 0.792. The number of amidine groups is 1. The second-order valence-electron chi connectivity index (χ2n) is 3.02. The molecular formula is C10H10FN3S. The van der Waals surface area contributed by atoms with Crippen LogP contribution in [-0.4, -0.2) is 17.6 Å². The summed E-state index contributed by atoms with van der Waals surface area (Å²) in [4.78, 5) is 4.40. The molecule has 1 aromatic carbocycles. The monoisotopic (exact) mass is 223 g/mol. The molecule has 0 saturated heterocycles. The Bertz CT molecular complexity index is 400. The standard InChI is InChI=1S/C10H10FN3S/c1-15-10-13-9(6-12-14-10)7-2-4-8(11)5-3-7/h2-6,9H,1H3,(H,13,14). The summed E-state index contributed by atoms with van der Waals surface area (Å²) in [7, 11) is 0. The third kappa shape index (κ3) is 2.36. The minimum Gasteiger partial charge on any atom is -0.256 e. The van der Waals surface area contributed by atoms with Crippen LogP contribution in [0.3, 0.4) is 0 Å². The predicted octanol–water partition coefficient (Wildman–Crippen LogP) is 2.17. The molecule has 1 aromatic rings. The molecule has 0 aromatic heterocycles. The fourth-order valence-corrected chi connectivity index (χ4v) is 1.63. The molecule has 1 N–H and O–H groups in total. The second kappa shape index (κ2) is 4.44. The number of aliphatic imine (C=N–C) groups is 1. The summed E-state index contributed by atoms with van der Waals surface area (Å²) in [6.45, 7) is 0. The Hall–Kier alpha value is -1.36. The number of hydrogen-bond donors (Lipinski definition) is 1. The van der Waals surface area contributed by atoms with Gasteiger partial charge in [0.2, 0.25) is 0 Å². The van der Waals surface area contributed by atoms with E-state index in [0.29, 0.717) is 0 Å². The van der Waals surface area contributed by atoms with E-state index in [1.165, 1.54) is 23.9 Å². The van der Waals surface area contributed by atoms with Crippen molar-refractivity contribution in [2.45, 2.75) is 6.04 Å². The van der Waals surface area contributed by atoms with Gasteiger partial charge in [0, 0.05) is 0 Å². The maximum Gasteiger partial charge on any atom is 0.177 e. The van der Waals surface area contributed by atoms with E-state index in [9.17, 15) is 4.39 Å². The molecule has 5 heteroatoms. The largest absolute Gasteiger partial charge is 0.256 e. The normalized spacial score (nSPS) is 19.6. The van der Waals surface area contributed by atoms with E-state index >= 15 is 0 Å². The highest BCUT2D eigenvalue weighted by Gasteiger charge is 2.12. The zero-order chi connectivity index (χ0) is 10.7. The summed E-state index contributed by atoms with van der Waals surface area (Å²) < 4.78 is 12.7. The first-order chi connectivity index (χ1) is 7.29. The highest BCUT2D eigenvalue weighted by Crippen LogP contribution is 2.19. The number of nitrogens with zero attached hydrogens (tertiary/aromatic N) is 2. The van der Waals surface area contributed by atoms with Gasteiger partial charge < -0.3 is 0 Å². The molecular weight excluding hydrogens is 213 g/mol. The third-order valence-electron chi connectivity index (χ3n) is 2.04. The Morgan fingerprint density at radius 2 is 2.07 bits per heavy atom. The smallest absolute Gasteiger partial charge is 0.177 e. The lowest BCUT2D eigenvalue weighted by Gasteiger charge is -2.14. The van der Waals surface area contributed by atoms with Crippen molar-refractivity contribution in [1.29, 1.82) is 0 Å². The summed E-state index contributed by atoms with van der Waals surface area (Å²) in [5.74, 6) is -0.237. The Labute approximate surface area is 91.5 Å². The Morgan fingerprint density at radius 3 is 2.73 bits per heavy atom. The molecule has 1 aliphatic rings. The van der Waals surface area contributed by atoms with E-state index in [-0.39, 0.29) is 11.9 Å². The van der Waals surface area contributed by atoms with Crippen molar-refractivity contribution in [2.75, 3.05) is 6.26 Å². The van der Waals surface area contributed by atoms with Gasteiger partial charge in [-0.15, -0.1) is 0 Å². The van der Waals surface area contributed by atoms with Crippen LogP contribution in [0, 0.1) is 5.82 Å². The molecule has 1 heterocycles. The molecule has 1 aliphatic heterocycles. The third-order valence-corrected chi connectivity index (χ3v) is 2.62. The molecule has 3 nitrogen and oxygen atoms in total. The molecule has 0 bridgehead atoms. The minimum atomic E-state index is -0.237. The highest BCUT2D eigenvalue weighted by molar-refractivity contribution is 8.13. The van der Waals surface area contributed by atoms with E-state index in [1.807, 2.05) is 6.26 Å². The van der Waals surface area contributed by atoms with Crippen molar-refractivity contribution < 1.29 is 4.39 Å². The van der Waals surface area contributed by atoms with Crippen LogP contribution in [0.4, 0.5) is 4.39 Å². The molecule has 0 radical (unpaired) electrons. The molecule has 1 unspecified atom stereocenters. The van der Waals surface area contributed by atoms with Crippen molar-refractivity contribution in [2.24, 2.45) is 10.1 Å². The fraction of sp³-hybridized carbons (Fsp3) is 0.200. The Morgan fingerprint density at radius 1 is 1.33 bits per heavy atom. The lowest BCUT2D eigenvalue weighted by atomic mass is 10.1. The summed E-state index contributed by atoms with van der Waals surface area (Å²) in [6, 6.07) is 6.19. The van der Waals surface area contributed by atoms with Crippen LogP contribution in [0.25, 0.3) is 0 Å². The molecule has 1 atom stereocenters. The summed E-state index contributed by atoms with van der Waals surface area (Å²) in [5, 5.41) is 4.76. The fourth-order valence-electron chi connectivity index (χ4n) is 1.27. The van der Waals surface area contributed by atoms with Gasteiger partial charge in [-0.25, -0.2) is 9.38 Å². The van der Waals surface area contributed by atoms with E-state index < -0.39 is 0 Å². The molecule has 0 amide bonds. The number of nitrogens with one attached hydrogen (secondary N) is 1. The maximum absolute atomic E-state index is 12.7. The molecule has 0 fully saturated rings. The summed E-state index contributed by atoms with van der Waals surface area (Å²) in [5.41, 5.74) is 3.73. The van der Waals surface area contributed by atoms with E-state index in [2.05, 4.69) is 15.5 Å². The van der Waals surface area contributed by atoms with Gasteiger partial charge in [0.25, 0.3) is 0 Å². The Kier molecular flexibility index (Phi) is 3.01. The van der Waals surface area contributed by atoms with Crippen molar-refractivity contribution in [3.63, 3.8) is 0 Å². The summed E-state index contributed by atoms with van der Waals surface area (Å²) >= 11 is 1.50. The van der Waals surface area contributed by atoms with Crippen molar-refractivity contribution in [1.82, 2.24) is 5.43 Å². The molecule has 0 aliphatic carbocycles. The minimum absolute atomic E-state index is 0.116. The van der Waals surface area contributed by atoms with Crippen molar-refractivity contribution in [3.05, 3.63) is 35.6 Å². The topological polar surface area (TPSA) is 36.8 Å². The second-order valence-corrected chi connectivity index (χ2v) is 3.82. The SMILES string of the molecule is CSC1=NC(c2ccc(F)cc2)C=NN1. The van der Waals surface area contributed by atoms with Gasteiger partial charge in [0.1, 0.15) is 11.9 Å². The van der Waals surface area contributed by atoms with E-state index in [4.69, 9.17) is 0 Å². The van der Waals surface area contributed by atoms with Crippen LogP contribution in [0.15, 0.2) is 34.4 Å². The lowest BCUT2D eigenvalue weighted by molar-refractivity contribution is 0.626. The number of benzene rings is 1. The molecule has 0 saturated carbocycles. The van der Waals surface area contributed by atoms with E-state index in [1.54, 1.807) is 18.3 Å². The number of halogens is 1. The highest BCUT2D eigenvalue weighted by atomic mass is 32.2. The number of rotatable bonds is 1. The van der Waals surface area contributed by atoms with E-state index in [0.717, 1.165) is 10.7 Å². The van der Waals surface area contributed by atoms with Crippen LogP contribution in [0.1, 0.15) is 11.6 Å². The van der Waals surface area contributed by atoms with Gasteiger partial charge in [0.05, 0.1) is 6.21 Å². The van der Waals surface area contributed by atoms with Crippen molar-refractivity contribution >= 4 is 23.1 Å². The Balaban J connectivity index is 2.23. The first-order valence-electron chi connectivity index (χ1n) is 4.46. The number of thioether (sulfide) groups is 1. The first kappa shape index (κ1) is 10.2. The molecule has 15 heavy (non-hydrogen) atoms. The van der Waals surface area contributed by atoms with Crippen molar-refractivity contribution in [3.8, 4) is 0 Å². The zero-order valence-corrected chi connectivity index (χ0v) is 8.96. The van der Waals surface area contributed by atoms with Gasteiger partial charge in [-0.05, 0) is 24.0 Å². The lowest BCUT2D eigenvalue weighted by Crippen LogP contribution is -2.20. The molecule has 78 valence electrons. The number of hydrazone groups is 1. The van der Waals surface area contributed by atoms with Crippen LogP contribution in [0.5, 0.6) is 0 Å². The van der Waals surface area contributed by atoms with Gasteiger partial charge in [-0.2, -0.15) is 5.10 Å².